The Labute approximate surface area is 123 Å². The second kappa shape index (κ2) is 7.19. The Balaban J connectivity index is 1.87. The van der Waals surface area contributed by atoms with Crippen LogP contribution in [0.5, 0.6) is 0 Å². The minimum absolute atomic E-state index is 0.0478. The predicted octanol–water partition coefficient (Wildman–Crippen LogP) is -0.122. The van der Waals surface area contributed by atoms with E-state index in [0.717, 1.165) is 5.56 Å². The third-order valence-electron chi connectivity index (χ3n) is 3.66. The largest absolute Gasteiger partial charge is 0.480 e. The van der Waals surface area contributed by atoms with Gasteiger partial charge in [0.25, 0.3) is 0 Å². The first-order valence-corrected chi connectivity index (χ1v) is 7.12. The fourth-order valence-corrected chi connectivity index (χ4v) is 2.45. The lowest BCUT2D eigenvalue weighted by Gasteiger charge is -2.17. The third kappa shape index (κ3) is 4.54. The highest BCUT2D eigenvalue weighted by Crippen LogP contribution is 2.08. The fourth-order valence-electron chi connectivity index (χ4n) is 2.45. The van der Waals surface area contributed by atoms with E-state index in [9.17, 15) is 14.7 Å². The highest BCUT2D eigenvalue weighted by atomic mass is 16.4. The van der Waals surface area contributed by atoms with Gasteiger partial charge in [-0.1, -0.05) is 30.3 Å². The van der Waals surface area contributed by atoms with Gasteiger partial charge in [-0.2, -0.15) is 0 Å². The Bertz CT molecular complexity index is 492. The predicted molar refractivity (Wildman–Crippen MR) is 78.7 cm³/mol. The zero-order chi connectivity index (χ0) is 15.2. The second-order valence-electron chi connectivity index (χ2n) is 5.38. The Kier molecular flexibility index (Phi) is 5.30. The quantitative estimate of drug-likeness (QED) is 0.585. The Hall–Kier alpha value is -1.92. The van der Waals surface area contributed by atoms with Gasteiger partial charge in [0.1, 0.15) is 6.04 Å². The summed E-state index contributed by atoms with van der Waals surface area (Å²) in [4.78, 5) is 23.3. The van der Waals surface area contributed by atoms with E-state index in [1.54, 1.807) is 0 Å². The number of carboxylic acid groups (broad SMARTS) is 1. The highest BCUT2D eigenvalue weighted by molar-refractivity contribution is 5.87. The lowest BCUT2D eigenvalue weighted by Crippen LogP contribution is -2.48. The van der Waals surface area contributed by atoms with Crippen molar-refractivity contribution in [2.24, 2.45) is 5.73 Å². The number of nitrogens with two attached hydrogens (primary N) is 1. The van der Waals surface area contributed by atoms with Crippen LogP contribution in [0.2, 0.25) is 0 Å². The van der Waals surface area contributed by atoms with Crippen LogP contribution in [-0.4, -0.2) is 41.7 Å². The molecule has 1 saturated heterocycles. The molecule has 0 saturated carbocycles. The zero-order valence-corrected chi connectivity index (χ0v) is 11.8. The fraction of sp³-hybridized carbons (Fsp3) is 0.467. The molecule has 114 valence electrons. The molecule has 0 radical (unpaired) electrons. The number of carbonyl (C=O) groups excluding carboxylic acids is 1. The summed E-state index contributed by atoms with van der Waals surface area (Å²) in [5, 5.41) is 14.8. The van der Waals surface area contributed by atoms with E-state index >= 15 is 0 Å². The summed E-state index contributed by atoms with van der Waals surface area (Å²) >= 11 is 0. The number of aliphatic carboxylic acids is 1. The minimum Gasteiger partial charge on any atom is -0.480 e. The van der Waals surface area contributed by atoms with Gasteiger partial charge in [-0.25, -0.2) is 4.79 Å². The summed E-state index contributed by atoms with van der Waals surface area (Å²) in [6.45, 7) is 0.583. The molecule has 1 amide bonds. The van der Waals surface area contributed by atoms with Crippen LogP contribution in [0.25, 0.3) is 0 Å². The van der Waals surface area contributed by atoms with Crippen LogP contribution in [0.15, 0.2) is 30.3 Å². The van der Waals surface area contributed by atoms with Crippen molar-refractivity contribution in [2.75, 3.05) is 6.54 Å². The number of aryl methyl sites for hydroxylation is 1. The van der Waals surface area contributed by atoms with Crippen molar-refractivity contribution in [1.29, 1.82) is 0 Å². The molecule has 0 bridgehead atoms. The van der Waals surface area contributed by atoms with Crippen LogP contribution in [0.4, 0.5) is 0 Å². The highest BCUT2D eigenvalue weighted by Gasteiger charge is 2.30. The molecule has 1 aliphatic rings. The summed E-state index contributed by atoms with van der Waals surface area (Å²) < 4.78 is 0. The molecule has 5 N–H and O–H groups in total. The number of benzene rings is 1. The number of hydrogen-bond acceptors (Lipinski definition) is 4. The smallest absolute Gasteiger partial charge is 0.326 e. The second-order valence-corrected chi connectivity index (χ2v) is 5.38. The van der Waals surface area contributed by atoms with Gasteiger partial charge in [-0.15, -0.1) is 0 Å². The summed E-state index contributed by atoms with van der Waals surface area (Å²) in [7, 11) is 0. The average molecular weight is 291 g/mol. The lowest BCUT2D eigenvalue weighted by atomic mass is 10.0. The first-order valence-electron chi connectivity index (χ1n) is 7.12. The van der Waals surface area contributed by atoms with E-state index in [-0.39, 0.29) is 11.9 Å². The van der Waals surface area contributed by atoms with Gasteiger partial charge in [0.05, 0.1) is 6.04 Å². The Morgan fingerprint density at radius 3 is 2.67 bits per heavy atom. The molecule has 6 heteroatoms. The maximum Gasteiger partial charge on any atom is 0.326 e. The van der Waals surface area contributed by atoms with Gasteiger partial charge in [-0.3, -0.25) is 4.79 Å². The number of carbonyl (C=O) groups is 2. The Morgan fingerprint density at radius 2 is 2.10 bits per heavy atom. The summed E-state index contributed by atoms with van der Waals surface area (Å²) in [6, 6.07) is 8.30. The van der Waals surface area contributed by atoms with E-state index in [2.05, 4.69) is 10.6 Å². The molecule has 1 aliphatic heterocycles. The maximum atomic E-state index is 12.0. The summed E-state index contributed by atoms with van der Waals surface area (Å²) in [5.74, 6) is -1.30. The monoisotopic (exact) mass is 291 g/mol. The van der Waals surface area contributed by atoms with Crippen molar-refractivity contribution in [3.05, 3.63) is 35.9 Å². The molecule has 6 nitrogen and oxygen atoms in total. The third-order valence-corrected chi connectivity index (χ3v) is 3.66. The van der Waals surface area contributed by atoms with Crippen molar-refractivity contribution in [2.45, 2.75) is 37.4 Å². The SMILES string of the molecule is N[C@H]1CN[C@H](C(=O)N[C@H](CCc2ccccc2)C(=O)O)C1. The van der Waals surface area contributed by atoms with Crippen molar-refractivity contribution < 1.29 is 14.7 Å². The van der Waals surface area contributed by atoms with Crippen LogP contribution in [0, 0.1) is 0 Å². The van der Waals surface area contributed by atoms with Crippen molar-refractivity contribution in [1.82, 2.24) is 10.6 Å². The van der Waals surface area contributed by atoms with Gasteiger partial charge < -0.3 is 21.5 Å². The molecule has 0 unspecified atom stereocenters. The number of amides is 1. The van der Waals surface area contributed by atoms with Gasteiger partial charge in [0, 0.05) is 12.6 Å². The normalized spacial score (nSPS) is 22.7. The van der Waals surface area contributed by atoms with Crippen LogP contribution < -0.4 is 16.4 Å². The molecule has 1 aromatic carbocycles. The zero-order valence-electron chi connectivity index (χ0n) is 11.8. The summed E-state index contributed by atoms with van der Waals surface area (Å²) in [6.07, 6.45) is 1.51. The first-order chi connectivity index (χ1) is 10.1. The van der Waals surface area contributed by atoms with Gasteiger partial charge in [0.2, 0.25) is 5.91 Å². The molecule has 0 aliphatic carbocycles. The van der Waals surface area contributed by atoms with Crippen molar-refractivity contribution >= 4 is 11.9 Å². The molecule has 1 heterocycles. The minimum atomic E-state index is -1.01. The van der Waals surface area contributed by atoms with Crippen LogP contribution in [0.3, 0.4) is 0 Å². The standard InChI is InChI=1S/C15H21N3O3/c16-11-8-13(17-9-11)14(19)18-12(15(20)21)7-6-10-4-2-1-3-5-10/h1-5,11-13,17H,6-9,16H2,(H,18,19)(H,20,21)/t11-,12-,13+/m1/s1. The topological polar surface area (TPSA) is 104 Å². The summed E-state index contributed by atoms with van der Waals surface area (Å²) in [5.41, 5.74) is 6.78. The molecule has 3 atom stereocenters. The molecule has 0 aromatic heterocycles. The molecule has 1 fully saturated rings. The van der Waals surface area contributed by atoms with Crippen molar-refractivity contribution in [3.8, 4) is 0 Å². The number of hydrogen-bond donors (Lipinski definition) is 4. The van der Waals surface area contributed by atoms with E-state index in [4.69, 9.17) is 5.73 Å². The average Bonchev–Trinajstić information content (AvgIpc) is 2.90. The maximum absolute atomic E-state index is 12.0. The number of rotatable bonds is 6. The van der Waals surface area contributed by atoms with Crippen LogP contribution in [0.1, 0.15) is 18.4 Å². The van der Waals surface area contributed by atoms with Gasteiger partial charge in [-0.05, 0) is 24.8 Å². The molecular weight excluding hydrogens is 270 g/mol. The first kappa shape index (κ1) is 15.5. The van der Waals surface area contributed by atoms with E-state index < -0.39 is 18.1 Å². The lowest BCUT2D eigenvalue weighted by molar-refractivity contribution is -0.142. The molecule has 1 aromatic rings. The van der Waals surface area contributed by atoms with Crippen LogP contribution in [-0.2, 0) is 16.0 Å². The molecule has 2 rings (SSSR count). The molecular formula is C15H21N3O3. The van der Waals surface area contributed by atoms with E-state index in [0.29, 0.717) is 25.8 Å². The van der Waals surface area contributed by atoms with E-state index in [1.807, 2.05) is 30.3 Å². The van der Waals surface area contributed by atoms with Crippen molar-refractivity contribution in [3.63, 3.8) is 0 Å². The van der Waals surface area contributed by atoms with Gasteiger partial charge in [0.15, 0.2) is 0 Å². The molecule has 21 heavy (non-hydrogen) atoms. The van der Waals surface area contributed by atoms with Crippen LogP contribution >= 0.6 is 0 Å². The Morgan fingerprint density at radius 1 is 1.38 bits per heavy atom. The number of carboxylic acids is 1. The molecule has 0 spiro atoms. The van der Waals surface area contributed by atoms with Gasteiger partial charge >= 0.3 is 5.97 Å². The number of nitrogens with one attached hydrogen (secondary N) is 2. The van der Waals surface area contributed by atoms with E-state index in [1.165, 1.54) is 0 Å².